The SMILES string of the molecule is COC(=O)c1ccccc1C(=O)N(CCN1CCOCC1)c1nc2ccc(Br)cc2s1. The molecular weight excluding hydrogens is 482 g/mol. The number of morpholine rings is 1. The fourth-order valence-corrected chi connectivity index (χ4v) is 5.00. The lowest BCUT2D eigenvalue weighted by Crippen LogP contribution is -2.43. The molecule has 4 rings (SSSR count). The van der Waals surface area contributed by atoms with Crippen LogP contribution in [-0.2, 0) is 9.47 Å². The van der Waals surface area contributed by atoms with Crippen LogP contribution in [0.1, 0.15) is 20.7 Å². The summed E-state index contributed by atoms with van der Waals surface area (Å²) in [7, 11) is 1.31. The number of amides is 1. The fourth-order valence-electron chi connectivity index (χ4n) is 3.45. The highest BCUT2D eigenvalue weighted by Gasteiger charge is 2.26. The van der Waals surface area contributed by atoms with Crippen LogP contribution in [0.3, 0.4) is 0 Å². The van der Waals surface area contributed by atoms with E-state index in [0.29, 0.717) is 37.0 Å². The standard InChI is InChI=1S/C22H22BrN3O4S/c1-29-21(28)17-5-3-2-4-16(17)20(27)26(9-8-25-10-12-30-13-11-25)22-24-18-7-6-15(23)14-19(18)31-22/h2-7,14H,8-13H2,1H3. The minimum absolute atomic E-state index is 0.246. The van der Waals surface area contributed by atoms with Crippen molar-refractivity contribution in [3.05, 3.63) is 58.1 Å². The van der Waals surface area contributed by atoms with Crippen molar-refractivity contribution in [1.82, 2.24) is 9.88 Å². The highest BCUT2D eigenvalue weighted by Crippen LogP contribution is 2.32. The van der Waals surface area contributed by atoms with Crippen molar-refractivity contribution in [3.63, 3.8) is 0 Å². The van der Waals surface area contributed by atoms with E-state index in [1.165, 1.54) is 18.4 Å². The lowest BCUT2D eigenvalue weighted by Gasteiger charge is -2.29. The first kappa shape index (κ1) is 21.9. The second-order valence-corrected chi connectivity index (χ2v) is 8.98. The van der Waals surface area contributed by atoms with Gasteiger partial charge in [0, 0.05) is 30.7 Å². The van der Waals surface area contributed by atoms with Crippen LogP contribution in [0.2, 0.25) is 0 Å². The third-order valence-corrected chi connectivity index (χ3v) is 6.66. The van der Waals surface area contributed by atoms with Crippen molar-refractivity contribution in [1.29, 1.82) is 0 Å². The lowest BCUT2D eigenvalue weighted by molar-refractivity contribution is 0.0390. The number of hydrogen-bond donors (Lipinski definition) is 0. The van der Waals surface area contributed by atoms with E-state index in [0.717, 1.165) is 27.8 Å². The molecule has 9 heteroatoms. The predicted octanol–water partition coefficient (Wildman–Crippen LogP) is 3.82. The molecule has 3 aromatic rings. The largest absolute Gasteiger partial charge is 0.465 e. The third-order valence-electron chi connectivity index (χ3n) is 5.12. The molecule has 0 unspecified atom stereocenters. The molecular formula is C22H22BrN3O4S. The molecule has 1 aliphatic heterocycles. The lowest BCUT2D eigenvalue weighted by atomic mass is 10.1. The second-order valence-electron chi connectivity index (χ2n) is 7.06. The van der Waals surface area contributed by atoms with Crippen LogP contribution in [0.5, 0.6) is 0 Å². The van der Waals surface area contributed by atoms with Crippen LogP contribution in [0.4, 0.5) is 5.13 Å². The Labute approximate surface area is 192 Å². The van der Waals surface area contributed by atoms with Gasteiger partial charge in [-0.15, -0.1) is 0 Å². The van der Waals surface area contributed by atoms with Crippen LogP contribution in [-0.4, -0.2) is 68.3 Å². The molecule has 2 heterocycles. The summed E-state index contributed by atoms with van der Waals surface area (Å²) in [6, 6.07) is 12.6. The Kier molecular flexibility index (Phi) is 6.96. The first-order valence-corrected chi connectivity index (χ1v) is 11.5. The number of rotatable bonds is 6. The van der Waals surface area contributed by atoms with Crippen molar-refractivity contribution in [2.24, 2.45) is 0 Å². The summed E-state index contributed by atoms with van der Waals surface area (Å²) in [5.41, 5.74) is 1.38. The minimum atomic E-state index is -0.537. The molecule has 162 valence electrons. The summed E-state index contributed by atoms with van der Waals surface area (Å²) in [5.74, 6) is -0.808. The maximum Gasteiger partial charge on any atom is 0.338 e. The minimum Gasteiger partial charge on any atom is -0.465 e. The van der Waals surface area contributed by atoms with E-state index in [1.54, 1.807) is 29.2 Å². The molecule has 0 N–H and O–H groups in total. The van der Waals surface area contributed by atoms with E-state index < -0.39 is 5.97 Å². The number of methoxy groups -OCH3 is 1. The van der Waals surface area contributed by atoms with Gasteiger partial charge in [-0.25, -0.2) is 9.78 Å². The number of anilines is 1. The van der Waals surface area contributed by atoms with Crippen molar-refractivity contribution in [3.8, 4) is 0 Å². The van der Waals surface area contributed by atoms with E-state index in [9.17, 15) is 9.59 Å². The van der Waals surface area contributed by atoms with Crippen LogP contribution in [0, 0.1) is 0 Å². The Bertz CT molecular complexity index is 1100. The molecule has 31 heavy (non-hydrogen) atoms. The summed E-state index contributed by atoms with van der Waals surface area (Å²) < 4.78 is 12.2. The van der Waals surface area contributed by atoms with Gasteiger partial charge in [-0.2, -0.15) is 0 Å². The monoisotopic (exact) mass is 503 g/mol. The van der Waals surface area contributed by atoms with Crippen molar-refractivity contribution >= 4 is 54.5 Å². The van der Waals surface area contributed by atoms with E-state index in [1.807, 2.05) is 18.2 Å². The Balaban J connectivity index is 1.69. The average molecular weight is 504 g/mol. The van der Waals surface area contributed by atoms with E-state index >= 15 is 0 Å². The molecule has 1 aliphatic rings. The summed E-state index contributed by atoms with van der Waals surface area (Å²) in [6.45, 7) is 4.17. The van der Waals surface area contributed by atoms with Gasteiger partial charge in [0.15, 0.2) is 5.13 Å². The van der Waals surface area contributed by atoms with Crippen molar-refractivity contribution < 1.29 is 19.1 Å². The predicted molar refractivity (Wildman–Crippen MR) is 124 cm³/mol. The molecule has 1 aromatic heterocycles. The molecule has 0 bridgehead atoms. The molecule has 1 fully saturated rings. The first-order chi connectivity index (χ1) is 15.1. The zero-order chi connectivity index (χ0) is 21.8. The Morgan fingerprint density at radius 3 is 2.68 bits per heavy atom. The zero-order valence-electron chi connectivity index (χ0n) is 17.0. The number of nitrogens with zero attached hydrogens (tertiary/aromatic N) is 3. The van der Waals surface area contributed by atoms with Gasteiger partial charge in [0.1, 0.15) is 0 Å². The summed E-state index contributed by atoms with van der Waals surface area (Å²) in [4.78, 5) is 34.5. The number of halogens is 1. The summed E-state index contributed by atoms with van der Waals surface area (Å²) in [6.07, 6.45) is 0. The molecule has 0 atom stereocenters. The zero-order valence-corrected chi connectivity index (χ0v) is 19.4. The van der Waals surface area contributed by atoms with Gasteiger partial charge in [-0.1, -0.05) is 39.4 Å². The number of hydrogen-bond acceptors (Lipinski definition) is 7. The number of thiazole rings is 1. The molecule has 0 aliphatic carbocycles. The number of esters is 1. The maximum absolute atomic E-state index is 13.6. The molecule has 0 radical (unpaired) electrons. The fraction of sp³-hybridized carbons (Fsp3) is 0.318. The average Bonchev–Trinajstić information content (AvgIpc) is 3.22. The Morgan fingerprint density at radius 1 is 1.19 bits per heavy atom. The van der Waals surface area contributed by atoms with Gasteiger partial charge in [-0.05, 0) is 30.3 Å². The first-order valence-electron chi connectivity index (χ1n) is 9.92. The molecule has 1 saturated heterocycles. The molecule has 0 spiro atoms. The highest BCUT2D eigenvalue weighted by atomic mass is 79.9. The number of carbonyl (C=O) groups is 2. The Morgan fingerprint density at radius 2 is 1.94 bits per heavy atom. The van der Waals surface area contributed by atoms with E-state index in [-0.39, 0.29) is 11.5 Å². The van der Waals surface area contributed by atoms with Gasteiger partial charge in [0.2, 0.25) is 0 Å². The summed E-state index contributed by atoms with van der Waals surface area (Å²) in [5, 5.41) is 0.603. The van der Waals surface area contributed by atoms with Gasteiger partial charge < -0.3 is 9.47 Å². The maximum atomic E-state index is 13.6. The van der Waals surface area contributed by atoms with Crippen LogP contribution in [0.25, 0.3) is 10.2 Å². The van der Waals surface area contributed by atoms with Crippen molar-refractivity contribution in [2.75, 3.05) is 51.4 Å². The number of aromatic nitrogens is 1. The van der Waals surface area contributed by atoms with Gasteiger partial charge in [-0.3, -0.25) is 14.6 Å². The van der Waals surface area contributed by atoms with Crippen LogP contribution >= 0.6 is 27.3 Å². The number of fused-ring (bicyclic) bond motifs is 1. The molecule has 1 amide bonds. The highest BCUT2D eigenvalue weighted by molar-refractivity contribution is 9.10. The number of benzene rings is 2. The third kappa shape index (κ3) is 4.95. The topological polar surface area (TPSA) is 72.0 Å². The van der Waals surface area contributed by atoms with E-state index in [2.05, 4.69) is 20.8 Å². The van der Waals surface area contributed by atoms with E-state index in [4.69, 9.17) is 14.5 Å². The van der Waals surface area contributed by atoms with Gasteiger partial charge >= 0.3 is 5.97 Å². The van der Waals surface area contributed by atoms with Crippen LogP contribution < -0.4 is 4.90 Å². The Hall–Kier alpha value is -2.33. The smallest absolute Gasteiger partial charge is 0.338 e. The van der Waals surface area contributed by atoms with Gasteiger partial charge in [0.25, 0.3) is 5.91 Å². The number of ether oxygens (including phenoxy) is 2. The normalized spacial score (nSPS) is 14.5. The summed E-state index contributed by atoms with van der Waals surface area (Å²) >= 11 is 4.94. The molecule has 7 nitrogen and oxygen atoms in total. The molecule has 2 aromatic carbocycles. The van der Waals surface area contributed by atoms with Crippen LogP contribution in [0.15, 0.2) is 46.9 Å². The second kappa shape index (κ2) is 9.86. The van der Waals surface area contributed by atoms with Crippen molar-refractivity contribution in [2.45, 2.75) is 0 Å². The quantitative estimate of drug-likeness (QED) is 0.476. The molecule has 0 saturated carbocycles. The number of carbonyl (C=O) groups excluding carboxylic acids is 2. The van der Waals surface area contributed by atoms with Gasteiger partial charge in [0.05, 0.1) is 41.7 Å².